The van der Waals surface area contributed by atoms with E-state index in [9.17, 15) is 56.2 Å². The highest BCUT2D eigenvalue weighted by atomic mass is 16.7. The van der Waals surface area contributed by atoms with Crippen LogP contribution in [0.5, 0.6) is 0 Å². The first kappa shape index (κ1) is 50.9. The number of fused-ring (bicyclic) bond motifs is 5. The van der Waals surface area contributed by atoms with Gasteiger partial charge in [-0.1, -0.05) is 39.3 Å². The van der Waals surface area contributed by atoms with Crippen molar-refractivity contribution in [2.24, 2.45) is 45.8 Å². The Balaban J connectivity index is 1.09. The summed E-state index contributed by atoms with van der Waals surface area (Å²) in [5, 5.41) is 119. The van der Waals surface area contributed by atoms with Crippen LogP contribution in [-0.4, -0.2) is 179 Å². The summed E-state index contributed by atoms with van der Waals surface area (Å²) in [7, 11) is 0. The van der Waals surface area contributed by atoms with E-state index >= 15 is 0 Å². The van der Waals surface area contributed by atoms with E-state index in [4.69, 9.17) is 28.4 Å². The third kappa shape index (κ3) is 8.82. The molecule has 64 heavy (non-hydrogen) atoms. The summed E-state index contributed by atoms with van der Waals surface area (Å²) in [4.78, 5) is 0. The molecule has 0 spiro atoms. The quantitative estimate of drug-likeness (QED) is 0.0946. The van der Waals surface area contributed by atoms with Crippen molar-refractivity contribution in [2.45, 2.75) is 223 Å². The van der Waals surface area contributed by atoms with Gasteiger partial charge in [0.15, 0.2) is 18.9 Å². The van der Waals surface area contributed by atoms with E-state index in [0.717, 1.165) is 37.7 Å². The van der Waals surface area contributed by atoms with E-state index in [0.29, 0.717) is 25.7 Å². The van der Waals surface area contributed by atoms with E-state index < -0.39 is 117 Å². The molecule has 0 aromatic rings. The Morgan fingerprint density at radius 1 is 0.672 bits per heavy atom. The zero-order valence-corrected chi connectivity index (χ0v) is 38.9. The monoisotopic (exact) mass is 917 g/mol. The molecule has 4 saturated carbocycles. The normalized spacial score (nSPS) is 52.5. The largest absolute Gasteiger partial charge is 0.394 e. The van der Waals surface area contributed by atoms with Gasteiger partial charge in [-0.3, -0.25) is 0 Å². The van der Waals surface area contributed by atoms with Crippen molar-refractivity contribution in [1.82, 2.24) is 0 Å². The Labute approximate surface area is 377 Å². The lowest BCUT2D eigenvalue weighted by molar-refractivity contribution is -0.348. The van der Waals surface area contributed by atoms with Crippen LogP contribution in [0.4, 0.5) is 0 Å². The molecule has 7 rings (SSSR count). The number of aliphatic hydroxyl groups is 11. The molecule has 3 aliphatic heterocycles. The van der Waals surface area contributed by atoms with Gasteiger partial charge in [-0.25, -0.2) is 0 Å². The number of ether oxygens (including phenoxy) is 6. The maximum Gasteiger partial charge on any atom is 0.187 e. The molecular weight excluding hydrogens is 836 g/mol. The molecule has 17 heteroatoms. The first-order valence-electron chi connectivity index (χ1n) is 23.9. The molecule has 3 saturated heterocycles. The number of hydrogen-bond acceptors (Lipinski definition) is 17. The summed E-state index contributed by atoms with van der Waals surface area (Å²) >= 11 is 0. The van der Waals surface area contributed by atoms with E-state index in [1.807, 2.05) is 20.8 Å². The van der Waals surface area contributed by atoms with Gasteiger partial charge < -0.3 is 84.6 Å². The second-order valence-corrected chi connectivity index (χ2v) is 22.2. The molecule has 25 atom stereocenters. The summed E-state index contributed by atoms with van der Waals surface area (Å²) < 4.78 is 36.7. The lowest BCUT2D eigenvalue weighted by atomic mass is 9.39. The highest BCUT2D eigenvalue weighted by Gasteiger charge is 2.69. The van der Waals surface area contributed by atoms with Crippen LogP contribution in [0.1, 0.15) is 113 Å². The minimum Gasteiger partial charge on any atom is -0.394 e. The molecule has 7 fully saturated rings. The lowest BCUT2D eigenvalue weighted by Crippen LogP contribution is -2.65. The number of hydrogen-bond donors (Lipinski definition) is 11. The third-order valence-corrected chi connectivity index (χ3v) is 18.1. The molecule has 0 unspecified atom stereocenters. The average molecular weight is 917 g/mol. The molecule has 0 amide bonds. The second kappa shape index (κ2) is 19.1. The van der Waals surface area contributed by atoms with Crippen molar-refractivity contribution in [1.29, 1.82) is 0 Å². The minimum absolute atomic E-state index is 0.148. The van der Waals surface area contributed by atoms with E-state index in [-0.39, 0.29) is 51.9 Å². The number of rotatable bonds is 12. The van der Waals surface area contributed by atoms with Crippen molar-refractivity contribution < 1.29 is 84.6 Å². The van der Waals surface area contributed by atoms with Crippen molar-refractivity contribution in [3.63, 3.8) is 0 Å². The van der Waals surface area contributed by atoms with Gasteiger partial charge in [0.25, 0.3) is 0 Å². The van der Waals surface area contributed by atoms with Crippen LogP contribution in [0.2, 0.25) is 0 Å². The highest BCUT2D eigenvalue weighted by molar-refractivity contribution is 5.18. The fourth-order valence-corrected chi connectivity index (χ4v) is 14.1. The summed E-state index contributed by atoms with van der Waals surface area (Å²) in [6, 6.07) is 0. The molecule has 370 valence electrons. The molecule has 17 nitrogen and oxygen atoms in total. The highest BCUT2D eigenvalue weighted by Crippen LogP contribution is 2.73. The topological polar surface area (TPSA) is 278 Å². The van der Waals surface area contributed by atoms with Gasteiger partial charge in [0.1, 0.15) is 67.1 Å². The maximum absolute atomic E-state index is 12.6. The predicted octanol–water partition coefficient (Wildman–Crippen LogP) is 0.611. The van der Waals surface area contributed by atoms with Gasteiger partial charge in [-0.2, -0.15) is 0 Å². The fourth-order valence-electron chi connectivity index (χ4n) is 14.1. The second-order valence-electron chi connectivity index (χ2n) is 22.2. The first-order valence-corrected chi connectivity index (χ1v) is 23.9. The van der Waals surface area contributed by atoms with Crippen LogP contribution < -0.4 is 0 Å². The molecule has 3 heterocycles. The first-order chi connectivity index (χ1) is 29.9. The van der Waals surface area contributed by atoms with Crippen molar-refractivity contribution >= 4 is 0 Å². The van der Waals surface area contributed by atoms with Crippen molar-refractivity contribution in [2.75, 3.05) is 13.2 Å². The zero-order valence-electron chi connectivity index (χ0n) is 38.9. The van der Waals surface area contributed by atoms with Gasteiger partial charge in [0, 0.05) is 0 Å². The van der Waals surface area contributed by atoms with E-state index in [1.165, 1.54) is 6.92 Å². The molecule has 0 radical (unpaired) electrons. The Bertz CT molecular complexity index is 1610. The summed E-state index contributed by atoms with van der Waals surface area (Å²) in [5.74, 6) is 0.358. The van der Waals surface area contributed by atoms with Gasteiger partial charge >= 0.3 is 0 Å². The molecule has 4 aliphatic carbocycles. The summed E-state index contributed by atoms with van der Waals surface area (Å²) in [5.41, 5.74) is -0.661. The minimum atomic E-state index is -1.68. The van der Waals surface area contributed by atoms with E-state index in [1.54, 1.807) is 0 Å². The standard InChI is InChI=1S/C47H80O17/c1-21(2)10-9-15-47(8,64-43-40(58)37(55)34(52)29(62-43)20-59-41-38(56)35(53)32(50)22(3)60-41)25-14-17-46(7)31(25)27(49)18-26-23-11-12-30(44(4,5)24(23)13-16-45(26,46)6)63-42-39(57)36(54)33(51)28(19-48)61-42/h10,22-43,48-58H,9,11-20H2,1-8H3/t22-,23+,24+,25+,26-,27-,28-,29+,30+,31+,32-,33-,34-,35-,36+,37-,38+,39-,40-,41-,42+,43+,45-,46+,47-/m0/s1. The predicted molar refractivity (Wildman–Crippen MR) is 228 cm³/mol. The van der Waals surface area contributed by atoms with Crippen molar-refractivity contribution in [3.05, 3.63) is 11.6 Å². The molecule has 0 aromatic heterocycles. The Kier molecular flexibility index (Phi) is 15.2. The molecule has 0 aromatic carbocycles. The van der Waals surface area contributed by atoms with Crippen LogP contribution >= 0.6 is 0 Å². The molecule has 0 bridgehead atoms. The average Bonchev–Trinajstić information content (AvgIpc) is 3.63. The maximum atomic E-state index is 12.6. The van der Waals surface area contributed by atoms with Crippen LogP contribution in [0.25, 0.3) is 0 Å². The van der Waals surface area contributed by atoms with Gasteiger partial charge in [0.05, 0.1) is 37.1 Å². The van der Waals surface area contributed by atoms with Crippen LogP contribution in [-0.2, 0) is 28.4 Å². The SMILES string of the molecule is CC(C)=CCC[C@](C)(O[C@H]1O[C@H](CO[C@H]2O[C@@H](C)[C@H](O)[C@H](O)[C@H]2O)[C@H](O)[C@H](O)[C@@H]1O)[C@@H]1CC[C@]2(C)[C@H]1[C@@H](O)C[C@H]1[C@@H]3CC[C@@H](O[C@H]4O[C@@H](CO)[C@H](O)[C@@H](O)[C@@H]4O)C(C)(C)[C@@H]3CC[C@@]12C. The summed E-state index contributed by atoms with van der Waals surface area (Å²) in [6.45, 7) is 15.7. The lowest BCUT2D eigenvalue weighted by Gasteiger charge is -2.67. The van der Waals surface area contributed by atoms with Crippen LogP contribution in [0.3, 0.4) is 0 Å². The Morgan fingerprint density at radius 2 is 1.27 bits per heavy atom. The Hall–Kier alpha value is -0.940. The van der Waals surface area contributed by atoms with E-state index in [2.05, 4.69) is 33.8 Å². The van der Waals surface area contributed by atoms with Crippen molar-refractivity contribution in [3.8, 4) is 0 Å². The van der Waals surface area contributed by atoms with Crippen LogP contribution in [0.15, 0.2) is 11.6 Å². The van der Waals surface area contributed by atoms with Gasteiger partial charge in [-0.05, 0) is 131 Å². The van der Waals surface area contributed by atoms with Crippen LogP contribution in [0, 0.1) is 45.8 Å². The smallest absolute Gasteiger partial charge is 0.187 e. The zero-order chi connectivity index (χ0) is 47.0. The molecule has 7 aliphatic rings. The molecule has 11 N–H and O–H groups in total. The third-order valence-electron chi connectivity index (χ3n) is 18.1. The Morgan fingerprint density at radius 3 is 1.92 bits per heavy atom. The fraction of sp³-hybridized carbons (Fsp3) is 0.957. The number of allylic oxidation sites excluding steroid dienone is 2. The van der Waals surface area contributed by atoms with Gasteiger partial charge in [-0.15, -0.1) is 0 Å². The van der Waals surface area contributed by atoms with Gasteiger partial charge in [0.2, 0.25) is 0 Å². The number of aliphatic hydroxyl groups excluding tert-OH is 11. The summed E-state index contributed by atoms with van der Waals surface area (Å²) in [6.07, 6.45) is -13.2. The molecular formula is C47H80O17.